The molecule has 0 saturated carbocycles. The van der Waals surface area contributed by atoms with Gasteiger partial charge in [-0.3, -0.25) is 4.79 Å². The van der Waals surface area contributed by atoms with Gasteiger partial charge in [-0.05, 0) is 37.0 Å². The van der Waals surface area contributed by atoms with Gasteiger partial charge in [0.25, 0.3) is 0 Å². The lowest BCUT2D eigenvalue weighted by atomic mass is 10.2. The maximum Gasteiger partial charge on any atom is 0.796 e. The number of carbonyl (C=O) groups is 1. The smallest absolute Gasteiger partial charge is 0.504 e. The molecule has 3 nitrogen and oxygen atoms in total. The van der Waals surface area contributed by atoms with Gasteiger partial charge < -0.3 is 9.39 Å². The van der Waals surface area contributed by atoms with Crippen LogP contribution in [0.3, 0.4) is 0 Å². The minimum absolute atomic E-state index is 0.138. The van der Waals surface area contributed by atoms with Crippen molar-refractivity contribution in [3.05, 3.63) is 46.6 Å². The van der Waals surface area contributed by atoms with Crippen molar-refractivity contribution in [2.45, 2.75) is 6.92 Å². The number of methoxy groups -OCH3 is 1. The average molecular weight is 312 g/mol. The van der Waals surface area contributed by atoms with Crippen LogP contribution in [0, 0.1) is 0 Å². The molecule has 7 heteroatoms. The Morgan fingerprint density at radius 3 is 2.33 bits per heavy atom. The molecule has 1 aromatic carbocycles. The zero-order valence-electron chi connectivity index (χ0n) is 11.9. The Balaban J connectivity index is 3.04. The molecule has 112 valence electrons. The minimum atomic E-state index is -2.98. The first-order valence-electron chi connectivity index (χ1n) is 6.04. The lowest BCUT2D eigenvalue weighted by Crippen LogP contribution is -2.07. The molecule has 0 aromatic heterocycles. The Morgan fingerprint density at radius 1 is 1.29 bits per heavy atom. The van der Waals surface area contributed by atoms with E-state index in [-0.39, 0.29) is 16.4 Å². The molecule has 0 fully saturated rings. The fourth-order valence-electron chi connectivity index (χ4n) is 1.57. The van der Waals surface area contributed by atoms with E-state index in [4.69, 9.17) is 4.74 Å². The fraction of sp³-hybridized carbons (Fsp3) is 0.214. The van der Waals surface area contributed by atoms with Gasteiger partial charge >= 0.3 is 7.47 Å². The van der Waals surface area contributed by atoms with Crippen molar-refractivity contribution in [3.8, 4) is 5.75 Å². The normalized spacial score (nSPS) is 12.0. The maximum atomic E-state index is 12.4. The Bertz CT molecular complexity index is 542. The molecule has 0 aliphatic rings. The first-order valence-corrected chi connectivity index (χ1v) is 7.26. The van der Waals surface area contributed by atoms with Crippen molar-refractivity contribution >= 4 is 31.1 Å². The summed E-state index contributed by atoms with van der Waals surface area (Å²) in [6, 6.07) is 7.03. The summed E-state index contributed by atoms with van der Waals surface area (Å²) in [4.78, 5) is 11.6. The van der Waals surface area contributed by atoms with E-state index in [0.29, 0.717) is 5.75 Å². The standard InChI is InChI=1S/C14H15BF2O3S/c1-10(18)14(21-3)13(20-15(16)17)9-6-11-4-7-12(19-2)8-5-11/h4-9H,1-3H3/b9-6+,14-13+. The van der Waals surface area contributed by atoms with Gasteiger partial charge in [0.15, 0.2) is 5.78 Å². The number of ether oxygens (including phenoxy) is 1. The van der Waals surface area contributed by atoms with Gasteiger partial charge in [0.05, 0.1) is 12.0 Å². The van der Waals surface area contributed by atoms with E-state index in [0.717, 1.165) is 17.3 Å². The van der Waals surface area contributed by atoms with Crippen molar-refractivity contribution in [1.82, 2.24) is 0 Å². The van der Waals surface area contributed by atoms with Crippen LogP contribution in [-0.2, 0) is 9.45 Å². The summed E-state index contributed by atoms with van der Waals surface area (Å²) in [5, 5.41) is 0. The Hall–Kier alpha value is -1.76. The van der Waals surface area contributed by atoms with Crippen molar-refractivity contribution < 1.29 is 22.8 Å². The highest BCUT2D eigenvalue weighted by atomic mass is 32.2. The third-order valence-corrected chi connectivity index (χ3v) is 3.40. The summed E-state index contributed by atoms with van der Waals surface area (Å²) < 4.78 is 34.3. The van der Waals surface area contributed by atoms with Crippen LogP contribution in [0.1, 0.15) is 12.5 Å². The van der Waals surface area contributed by atoms with E-state index in [1.165, 1.54) is 13.0 Å². The van der Waals surface area contributed by atoms with Crippen LogP contribution in [0.25, 0.3) is 6.08 Å². The molecule has 0 spiro atoms. The van der Waals surface area contributed by atoms with Gasteiger partial charge in [-0.25, -0.2) is 8.63 Å². The molecule has 0 radical (unpaired) electrons. The number of Topliss-reactive ketones (excluding diaryl/α,β-unsaturated/α-hetero) is 1. The van der Waals surface area contributed by atoms with Crippen molar-refractivity contribution in [2.75, 3.05) is 13.4 Å². The summed E-state index contributed by atoms with van der Waals surface area (Å²) in [7, 11) is -1.43. The van der Waals surface area contributed by atoms with E-state index < -0.39 is 7.47 Å². The summed E-state index contributed by atoms with van der Waals surface area (Å²) >= 11 is 1.07. The number of hydrogen-bond acceptors (Lipinski definition) is 4. The number of hydrogen-bond donors (Lipinski definition) is 0. The fourth-order valence-corrected chi connectivity index (χ4v) is 2.17. The Morgan fingerprint density at radius 2 is 1.90 bits per heavy atom. The number of rotatable bonds is 7. The van der Waals surface area contributed by atoms with Crippen molar-refractivity contribution in [1.29, 1.82) is 0 Å². The van der Waals surface area contributed by atoms with Crippen LogP contribution in [0.2, 0.25) is 0 Å². The van der Waals surface area contributed by atoms with Crippen molar-refractivity contribution in [3.63, 3.8) is 0 Å². The number of benzene rings is 1. The summed E-state index contributed by atoms with van der Waals surface area (Å²) in [6.45, 7) is 1.31. The van der Waals surface area contributed by atoms with E-state index in [2.05, 4.69) is 4.65 Å². The van der Waals surface area contributed by atoms with E-state index in [9.17, 15) is 13.4 Å². The second kappa shape index (κ2) is 8.51. The SMILES string of the molecule is COc1ccc(/C=C/C(OB(F)F)=C(\SC)C(C)=O)cc1. The number of ketones is 1. The third-order valence-electron chi connectivity index (χ3n) is 2.51. The van der Waals surface area contributed by atoms with Gasteiger partial charge in [0.1, 0.15) is 11.5 Å². The second-order valence-corrected chi connectivity index (χ2v) is 4.76. The zero-order valence-corrected chi connectivity index (χ0v) is 12.7. The molecular formula is C14H15BF2O3S. The molecule has 0 atom stereocenters. The van der Waals surface area contributed by atoms with Crippen LogP contribution in [0.15, 0.2) is 41.0 Å². The molecule has 1 aromatic rings. The molecule has 0 aliphatic carbocycles. The number of thioether (sulfide) groups is 1. The highest BCUT2D eigenvalue weighted by Crippen LogP contribution is 2.22. The van der Waals surface area contributed by atoms with Gasteiger partial charge in [-0.15, -0.1) is 11.8 Å². The van der Waals surface area contributed by atoms with Crippen LogP contribution in [0.4, 0.5) is 8.63 Å². The molecule has 0 aliphatic heterocycles. The van der Waals surface area contributed by atoms with Gasteiger partial charge in [-0.2, -0.15) is 0 Å². The lowest BCUT2D eigenvalue weighted by Gasteiger charge is -2.08. The molecular weight excluding hydrogens is 297 g/mol. The average Bonchev–Trinajstić information content (AvgIpc) is 2.45. The molecule has 21 heavy (non-hydrogen) atoms. The van der Waals surface area contributed by atoms with E-state index in [1.807, 2.05) is 0 Å². The first kappa shape index (κ1) is 17.3. The predicted octanol–water partition coefficient (Wildman–Crippen LogP) is 3.81. The predicted molar refractivity (Wildman–Crippen MR) is 82.3 cm³/mol. The summed E-state index contributed by atoms with van der Waals surface area (Å²) in [5.74, 6) is 0.235. The maximum absolute atomic E-state index is 12.4. The van der Waals surface area contributed by atoms with Crippen molar-refractivity contribution in [2.24, 2.45) is 0 Å². The van der Waals surface area contributed by atoms with E-state index in [1.54, 1.807) is 43.7 Å². The molecule has 0 heterocycles. The quantitative estimate of drug-likeness (QED) is 0.332. The van der Waals surface area contributed by atoms with Crippen LogP contribution < -0.4 is 4.74 Å². The summed E-state index contributed by atoms with van der Waals surface area (Å²) in [5.41, 5.74) is 0.773. The summed E-state index contributed by atoms with van der Waals surface area (Å²) in [6.07, 6.45) is 4.59. The second-order valence-electron chi connectivity index (χ2n) is 3.94. The molecule has 0 amide bonds. The van der Waals surface area contributed by atoms with Gasteiger partial charge in [-0.1, -0.05) is 18.2 Å². The minimum Gasteiger partial charge on any atom is -0.504 e. The van der Waals surface area contributed by atoms with Gasteiger partial charge in [0.2, 0.25) is 0 Å². The van der Waals surface area contributed by atoms with Crippen LogP contribution in [0.5, 0.6) is 5.75 Å². The topological polar surface area (TPSA) is 35.5 Å². The monoisotopic (exact) mass is 312 g/mol. The Labute approximate surface area is 127 Å². The van der Waals surface area contributed by atoms with Crippen LogP contribution >= 0.6 is 11.8 Å². The molecule has 0 unspecified atom stereocenters. The van der Waals surface area contributed by atoms with Crippen LogP contribution in [-0.4, -0.2) is 26.6 Å². The molecule has 0 saturated heterocycles. The molecule has 1 rings (SSSR count). The number of allylic oxidation sites excluding steroid dienone is 2. The largest absolute Gasteiger partial charge is 0.796 e. The number of halogens is 2. The molecule has 0 N–H and O–H groups in total. The third kappa shape index (κ3) is 5.63. The Kier molecular flexibility index (Phi) is 7.01. The zero-order chi connectivity index (χ0) is 15.8. The van der Waals surface area contributed by atoms with Gasteiger partial charge in [0, 0.05) is 0 Å². The molecule has 0 bridgehead atoms. The highest BCUT2D eigenvalue weighted by Gasteiger charge is 2.21. The lowest BCUT2D eigenvalue weighted by molar-refractivity contribution is -0.113. The number of carbonyl (C=O) groups excluding carboxylic acids is 1. The van der Waals surface area contributed by atoms with E-state index >= 15 is 0 Å². The highest BCUT2D eigenvalue weighted by molar-refractivity contribution is 8.03. The first-order chi connectivity index (χ1) is 9.97.